The maximum absolute atomic E-state index is 13.4. The fraction of sp³-hybridized carbons (Fsp3) is 0.308. The first-order valence-corrected chi connectivity index (χ1v) is 5.36. The van der Waals surface area contributed by atoms with Crippen LogP contribution in [-0.4, -0.2) is 19.4 Å². The van der Waals surface area contributed by atoms with Crippen LogP contribution in [0.1, 0.15) is 23.7 Å². The van der Waals surface area contributed by atoms with Crippen molar-refractivity contribution in [3.05, 3.63) is 41.2 Å². The largest absolute Gasteiger partial charge is 0.367 e. The van der Waals surface area contributed by atoms with E-state index in [-0.39, 0.29) is 5.56 Å². The van der Waals surface area contributed by atoms with Gasteiger partial charge in [0.1, 0.15) is 5.82 Å². The van der Waals surface area contributed by atoms with Gasteiger partial charge in [-0.3, -0.25) is 4.79 Å². The summed E-state index contributed by atoms with van der Waals surface area (Å²) in [6, 6.07) is 4.76. The van der Waals surface area contributed by atoms with Gasteiger partial charge in [-0.2, -0.15) is 0 Å². The van der Waals surface area contributed by atoms with Gasteiger partial charge in [0.2, 0.25) is 0 Å². The number of aldehydes is 1. The second-order valence-electron chi connectivity index (χ2n) is 4.05. The Labute approximate surface area is 94.4 Å². The van der Waals surface area contributed by atoms with Gasteiger partial charge in [0.05, 0.1) is 11.3 Å². The molecule has 0 saturated carbocycles. The third kappa shape index (κ3) is 1.98. The van der Waals surface area contributed by atoms with E-state index >= 15 is 0 Å². The van der Waals surface area contributed by atoms with Gasteiger partial charge in [0.15, 0.2) is 6.29 Å². The molecule has 0 aromatic heterocycles. The molecular formula is C13H14FNO. The molecule has 0 bridgehead atoms. The minimum Gasteiger partial charge on any atom is -0.367 e. The van der Waals surface area contributed by atoms with Gasteiger partial charge >= 0.3 is 0 Å². The van der Waals surface area contributed by atoms with Crippen LogP contribution >= 0.6 is 0 Å². The van der Waals surface area contributed by atoms with Gasteiger partial charge in [-0.15, -0.1) is 0 Å². The zero-order chi connectivity index (χ0) is 11.5. The minimum absolute atomic E-state index is 0.164. The number of carbonyl (C=O) groups is 1. The molecule has 0 amide bonds. The molecule has 1 heterocycles. The van der Waals surface area contributed by atoms with Crippen LogP contribution in [0.25, 0.3) is 0 Å². The predicted molar refractivity (Wildman–Crippen MR) is 62.4 cm³/mol. The molecule has 16 heavy (non-hydrogen) atoms. The molecule has 1 aromatic rings. The van der Waals surface area contributed by atoms with E-state index in [0.29, 0.717) is 12.0 Å². The lowest BCUT2D eigenvalue weighted by molar-refractivity contribution is 0.112. The summed E-state index contributed by atoms with van der Waals surface area (Å²) in [5, 5.41) is 0. The van der Waals surface area contributed by atoms with Crippen LogP contribution in [0.3, 0.4) is 0 Å². The molecule has 0 unspecified atom stereocenters. The van der Waals surface area contributed by atoms with Crippen molar-refractivity contribution in [2.24, 2.45) is 0 Å². The maximum Gasteiger partial charge on any atom is 0.155 e. The molecule has 0 aliphatic carbocycles. The van der Waals surface area contributed by atoms with Crippen LogP contribution < -0.4 is 4.90 Å². The van der Waals surface area contributed by atoms with E-state index in [4.69, 9.17) is 0 Å². The Morgan fingerprint density at radius 1 is 1.44 bits per heavy atom. The van der Waals surface area contributed by atoms with Crippen molar-refractivity contribution in [2.45, 2.75) is 13.3 Å². The Kier molecular flexibility index (Phi) is 3.04. The van der Waals surface area contributed by atoms with Crippen molar-refractivity contribution in [2.75, 3.05) is 18.0 Å². The summed E-state index contributed by atoms with van der Waals surface area (Å²) in [4.78, 5) is 12.9. The average Bonchev–Trinajstić information content (AvgIpc) is 2.28. The number of nitrogens with zero attached hydrogens (tertiary/aromatic N) is 1. The first-order chi connectivity index (χ1) is 7.72. The summed E-state index contributed by atoms with van der Waals surface area (Å²) >= 11 is 0. The van der Waals surface area contributed by atoms with Crippen molar-refractivity contribution in [1.82, 2.24) is 0 Å². The van der Waals surface area contributed by atoms with Gasteiger partial charge in [-0.05, 0) is 25.5 Å². The van der Waals surface area contributed by atoms with E-state index in [1.807, 2.05) is 11.8 Å². The molecule has 0 spiro atoms. The van der Waals surface area contributed by atoms with Crippen LogP contribution in [0.15, 0.2) is 29.8 Å². The summed E-state index contributed by atoms with van der Waals surface area (Å²) in [6.07, 6.45) is 3.72. The van der Waals surface area contributed by atoms with Gasteiger partial charge in [-0.25, -0.2) is 4.39 Å². The van der Waals surface area contributed by atoms with E-state index < -0.39 is 5.82 Å². The van der Waals surface area contributed by atoms with E-state index in [0.717, 1.165) is 19.5 Å². The molecule has 0 radical (unpaired) electrons. The SMILES string of the molecule is CC1=CCCN(c2cccc(F)c2C=O)C1. The molecule has 2 rings (SSSR count). The third-order valence-corrected chi connectivity index (χ3v) is 2.82. The van der Waals surface area contributed by atoms with Gasteiger partial charge in [0, 0.05) is 13.1 Å². The molecule has 84 valence electrons. The molecule has 2 nitrogen and oxygen atoms in total. The van der Waals surface area contributed by atoms with Crippen molar-refractivity contribution in [1.29, 1.82) is 0 Å². The molecular weight excluding hydrogens is 205 g/mol. The van der Waals surface area contributed by atoms with Crippen LogP contribution in [0.5, 0.6) is 0 Å². The first-order valence-electron chi connectivity index (χ1n) is 5.36. The van der Waals surface area contributed by atoms with E-state index in [1.165, 1.54) is 11.6 Å². The molecule has 1 aliphatic heterocycles. The molecule has 1 aromatic carbocycles. The zero-order valence-electron chi connectivity index (χ0n) is 9.24. The second-order valence-corrected chi connectivity index (χ2v) is 4.05. The van der Waals surface area contributed by atoms with Crippen molar-refractivity contribution in [3.8, 4) is 0 Å². The number of hydrogen-bond acceptors (Lipinski definition) is 2. The van der Waals surface area contributed by atoms with Gasteiger partial charge in [0.25, 0.3) is 0 Å². The van der Waals surface area contributed by atoms with Gasteiger partial charge in [-0.1, -0.05) is 17.7 Å². The lowest BCUT2D eigenvalue weighted by Crippen LogP contribution is -2.30. The molecule has 0 fully saturated rings. The Morgan fingerprint density at radius 2 is 2.25 bits per heavy atom. The summed E-state index contributed by atoms with van der Waals surface area (Å²) in [5.41, 5.74) is 2.12. The molecule has 0 N–H and O–H groups in total. The Balaban J connectivity index is 2.37. The normalized spacial score (nSPS) is 15.9. The highest BCUT2D eigenvalue weighted by molar-refractivity contribution is 5.85. The number of benzene rings is 1. The third-order valence-electron chi connectivity index (χ3n) is 2.82. The Hall–Kier alpha value is -1.64. The number of carbonyl (C=O) groups excluding carboxylic acids is 1. The Morgan fingerprint density at radius 3 is 2.94 bits per heavy atom. The first kappa shape index (κ1) is 10.9. The highest BCUT2D eigenvalue weighted by Crippen LogP contribution is 2.24. The quantitative estimate of drug-likeness (QED) is 0.563. The van der Waals surface area contributed by atoms with Crippen LogP contribution in [0.2, 0.25) is 0 Å². The fourth-order valence-electron chi connectivity index (χ4n) is 2.04. The molecule has 1 aliphatic rings. The van der Waals surface area contributed by atoms with Crippen molar-refractivity contribution >= 4 is 12.0 Å². The highest BCUT2D eigenvalue weighted by Gasteiger charge is 2.16. The molecule has 0 saturated heterocycles. The lowest BCUT2D eigenvalue weighted by Gasteiger charge is -2.29. The van der Waals surface area contributed by atoms with Gasteiger partial charge < -0.3 is 4.90 Å². The topological polar surface area (TPSA) is 20.3 Å². The standard InChI is InChI=1S/C13H14FNO/c1-10-4-3-7-15(8-10)13-6-2-5-12(14)11(13)9-16/h2,4-6,9H,3,7-8H2,1H3. The van der Waals surface area contributed by atoms with Crippen LogP contribution in [0.4, 0.5) is 10.1 Å². The Bertz CT molecular complexity index is 440. The molecule has 0 atom stereocenters. The van der Waals surface area contributed by atoms with Crippen LogP contribution in [-0.2, 0) is 0 Å². The monoisotopic (exact) mass is 219 g/mol. The number of rotatable bonds is 2. The molecule has 3 heteroatoms. The van der Waals surface area contributed by atoms with E-state index in [1.54, 1.807) is 12.1 Å². The summed E-state index contributed by atoms with van der Waals surface area (Å²) in [7, 11) is 0. The van der Waals surface area contributed by atoms with E-state index in [9.17, 15) is 9.18 Å². The number of hydrogen-bond donors (Lipinski definition) is 0. The maximum atomic E-state index is 13.4. The number of anilines is 1. The van der Waals surface area contributed by atoms with E-state index in [2.05, 4.69) is 6.08 Å². The summed E-state index contributed by atoms with van der Waals surface area (Å²) in [6.45, 7) is 3.65. The predicted octanol–water partition coefficient (Wildman–Crippen LogP) is 2.79. The zero-order valence-corrected chi connectivity index (χ0v) is 9.24. The van der Waals surface area contributed by atoms with Crippen LogP contribution in [0, 0.1) is 5.82 Å². The fourth-order valence-corrected chi connectivity index (χ4v) is 2.04. The lowest BCUT2D eigenvalue weighted by atomic mass is 10.1. The summed E-state index contributed by atoms with van der Waals surface area (Å²) in [5.74, 6) is -0.445. The highest BCUT2D eigenvalue weighted by atomic mass is 19.1. The second kappa shape index (κ2) is 4.47. The average molecular weight is 219 g/mol. The number of halogens is 1. The smallest absolute Gasteiger partial charge is 0.155 e. The van der Waals surface area contributed by atoms with Crippen molar-refractivity contribution in [3.63, 3.8) is 0 Å². The van der Waals surface area contributed by atoms with Crippen molar-refractivity contribution < 1.29 is 9.18 Å². The minimum atomic E-state index is -0.445. The summed E-state index contributed by atoms with van der Waals surface area (Å²) < 4.78 is 13.4.